The maximum atomic E-state index is 13.8. The van der Waals surface area contributed by atoms with Gasteiger partial charge < -0.3 is 4.90 Å². The number of hydrogen-bond acceptors (Lipinski definition) is 5. The lowest BCUT2D eigenvalue weighted by molar-refractivity contribution is -0.384. The molecule has 1 amide bonds. The molecule has 2 aromatic rings. The largest absolute Gasteiger partial charge is 0.307 e. The van der Waals surface area contributed by atoms with Crippen LogP contribution in [0, 0.1) is 15.5 Å². The Morgan fingerprint density at radius 2 is 1.58 bits per heavy atom. The monoisotopic (exact) mass is 545 g/mol. The van der Waals surface area contributed by atoms with E-state index < -0.39 is 33.7 Å². The molecule has 2 aliphatic carbocycles. The third-order valence-corrected chi connectivity index (χ3v) is 11.1. The average molecular weight is 546 g/mol. The molecule has 2 saturated carbocycles. The van der Waals surface area contributed by atoms with E-state index in [1.54, 1.807) is 23.1 Å². The van der Waals surface area contributed by atoms with Crippen LogP contribution in [0.2, 0.25) is 0 Å². The number of nitro groups is 1. The summed E-state index contributed by atoms with van der Waals surface area (Å²) in [6, 6.07) is 10.3. The second-order valence-corrected chi connectivity index (χ2v) is 13.4. The molecule has 3 fully saturated rings. The van der Waals surface area contributed by atoms with Crippen LogP contribution in [0.15, 0.2) is 47.4 Å². The molecule has 2 spiro atoms. The number of hydrogen-bond donors (Lipinski definition) is 0. The number of nitro benzene ring substituents is 1. The highest BCUT2D eigenvalue weighted by molar-refractivity contribution is 7.89. The minimum Gasteiger partial charge on any atom is -0.307 e. The van der Waals surface area contributed by atoms with Crippen molar-refractivity contribution < 1.29 is 26.9 Å². The molecule has 2 aliphatic heterocycles. The van der Waals surface area contributed by atoms with Crippen molar-refractivity contribution in [1.29, 1.82) is 0 Å². The van der Waals surface area contributed by atoms with Crippen LogP contribution in [0.4, 0.5) is 20.2 Å². The highest BCUT2D eigenvalue weighted by Gasteiger charge is 2.54. The first-order valence-corrected chi connectivity index (χ1v) is 14.5. The van der Waals surface area contributed by atoms with E-state index in [-0.39, 0.29) is 40.6 Å². The van der Waals surface area contributed by atoms with E-state index in [1.165, 1.54) is 37.1 Å². The number of rotatable bonds is 4. The molecule has 4 aliphatic rings. The van der Waals surface area contributed by atoms with Gasteiger partial charge in [0, 0.05) is 61.3 Å². The van der Waals surface area contributed by atoms with Gasteiger partial charge in [-0.05, 0) is 73.8 Å². The number of sulfonamides is 1. The van der Waals surface area contributed by atoms with Crippen LogP contribution in [0.3, 0.4) is 0 Å². The zero-order valence-corrected chi connectivity index (χ0v) is 21.7. The second kappa shape index (κ2) is 8.54. The van der Waals surface area contributed by atoms with E-state index in [0.29, 0.717) is 17.6 Å². The van der Waals surface area contributed by atoms with Crippen LogP contribution < -0.4 is 4.90 Å². The van der Waals surface area contributed by atoms with Gasteiger partial charge in [-0.1, -0.05) is 6.07 Å². The summed E-state index contributed by atoms with van der Waals surface area (Å²) in [4.78, 5) is 26.4. The van der Waals surface area contributed by atoms with Crippen molar-refractivity contribution in [3.63, 3.8) is 0 Å². The Bertz CT molecular complexity index is 1420. The van der Waals surface area contributed by atoms with Gasteiger partial charge in [0.25, 0.3) is 17.5 Å². The Morgan fingerprint density at radius 1 is 0.921 bits per heavy atom. The number of carbonyl (C=O) groups is 1. The van der Waals surface area contributed by atoms with Crippen LogP contribution in [-0.2, 0) is 15.4 Å². The number of non-ortho nitro benzene ring substituents is 1. The standard InChI is InChI=1S/C27H29F2N3O5S/c28-27(29)12-14-30(15-13-27)38(36,37)21-3-1-2-19(16-21)24(33)31-18-26(10-8-25(6-7-25)9-11-26)22-17-20(32(34)35)4-5-23(22)31/h1-5,16-17H,6-15,18H2. The lowest BCUT2D eigenvalue weighted by Gasteiger charge is -2.38. The quantitative estimate of drug-likeness (QED) is 0.385. The van der Waals surface area contributed by atoms with E-state index in [0.717, 1.165) is 35.6 Å². The Hall–Kier alpha value is -2.92. The number of benzene rings is 2. The number of amides is 1. The van der Waals surface area contributed by atoms with Crippen molar-refractivity contribution >= 4 is 27.3 Å². The maximum absolute atomic E-state index is 13.8. The molecule has 0 N–H and O–H groups in total. The minimum atomic E-state index is -4.05. The molecule has 0 aromatic heterocycles. The highest BCUT2D eigenvalue weighted by atomic mass is 32.2. The van der Waals surface area contributed by atoms with E-state index in [1.807, 2.05) is 0 Å². The number of piperidine rings is 1. The van der Waals surface area contributed by atoms with Gasteiger partial charge in [-0.15, -0.1) is 0 Å². The number of alkyl halides is 2. The summed E-state index contributed by atoms with van der Waals surface area (Å²) in [6.45, 7) is -0.178. The van der Waals surface area contributed by atoms with Crippen molar-refractivity contribution in [2.75, 3.05) is 24.5 Å². The van der Waals surface area contributed by atoms with Crippen LogP contribution in [0.1, 0.15) is 67.3 Å². The molecule has 2 heterocycles. The van der Waals surface area contributed by atoms with E-state index in [2.05, 4.69) is 0 Å². The molecule has 202 valence electrons. The molecule has 0 bridgehead atoms. The van der Waals surface area contributed by atoms with Crippen molar-refractivity contribution in [3.05, 3.63) is 63.7 Å². The fourth-order valence-electron chi connectivity index (χ4n) is 6.46. The zero-order chi connectivity index (χ0) is 26.9. The van der Waals surface area contributed by atoms with Gasteiger partial charge in [0.2, 0.25) is 10.0 Å². The Labute approximate surface area is 219 Å². The highest BCUT2D eigenvalue weighted by Crippen LogP contribution is 2.62. The molecular formula is C27H29F2N3O5S. The Kier molecular flexibility index (Phi) is 5.70. The van der Waals surface area contributed by atoms with Gasteiger partial charge in [0.15, 0.2) is 0 Å². The predicted molar refractivity (Wildman–Crippen MR) is 136 cm³/mol. The van der Waals surface area contributed by atoms with Crippen molar-refractivity contribution in [1.82, 2.24) is 4.31 Å². The van der Waals surface area contributed by atoms with Crippen LogP contribution in [0.25, 0.3) is 0 Å². The number of carbonyl (C=O) groups excluding carboxylic acids is 1. The van der Waals surface area contributed by atoms with E-state index >= 15 is 0 Å². The molecule has 2 aromatic carbocycles. The fourth-order valence-corrected chi connectivity index (χ4v) is 7.95. The predicted octanol–water partition coefficient (Wildman–Crippen LogP) is 5.27. The number of anilines is 1. The van der Waals surface area contributed by atoms with Crippen LogP contribution in [0.5, 0.6) is 0 Å². The third kappa shape index (κ3) is 4.20. The number of halogens is 2. The summed E-state index contributed by atoms with van der Waals surface area (Å²) < 4.78 is 54.6. The van der Waals surface area contributed by atoms with Crippen molar-refractivity contribution in [2.24, 2.45) is 5.41 Å². The van der Waals surface area contributed by atoms with Crippen LogP contribution >= 0.6 is 0 Å². The topological polar surface area (TPSA) is 101 Å². The lowest BCUT2D eigenvalue weighted by Crippen LogP contribution is -2.42. The summed E-state index contributed by atoms with van der Waals surface area (Å²) >= 11 is 0. The summed E-state index contributed by atoms with van der Waals surface area (Å²) in [7, 11) is -4.05. The third-order valence-electron chi connectivity index (χ3n) is 9.16. The average Bonchev–Trinajstić information content (AvgIpc) is 3.59. The van der Waals surface area contributed by atoms with Gasteiger partial charge in [0.05, 0.1) is 9.82 Å². The summed E-state index contributed by atoms with van der Waals surface area (Å²) in [5, 5.41) is 11.5. The first-order valence-electron chi connectivity index (χ1n) is 13.0. The SMILES string of the molecule is O=C(c1cccc(S(=O)(=O)N2CCC(F)(F)CC2)c1)N1CC2(CCC3(CC3)CC2)c2cc([N+](=O)[O-])ccc21. The Morgan fingerprint density at radius 3 is 2.21 bits per heavy atom. The van der Waals surface area contributed by atoms with Gasteiger partial charge in [-0.25, -0.2) is 17.2 Å². The molecule has 38 heavy (non-hydrogen) atoms. The van der Waals surface area contributed by atoms with Crippen molar-refractivity contribution in [3.8, 4) is 0 Å². The summed E-state index contributed by atoms with van der Waals surface area (Å²) in [5.74, 6) is -3.26. The second-order valence-electron chi connectivity index (χ2n) is 11.4. The molecule has 0 radical (unpaired) electrons. The van der Waals surface area contributed by atoms with E-state index in [4.69, 9.17) is 0 Å². The maximum Gasteiger partial charge on any atom is 0.269 e. The minimum absolute atomic E-state index is 0.00988. The number of fused-ring (bicyclic) bond motifs is 2. The van der Waals surface area contributed by atoms with Gasteiger partial charge in [-0.2, -0.15) is 4.31 Å². The molecule has 8 nitrogen and oxygen atoms in total. The smallest absolute Gasteiger partial charge is 0.269 e. The summed E-state index contributed by atoms with van der Waals surface area (Å²) in [6.07, 6.45) is 5.10. The zero-order valence-electron chi connectivity index (χ0n) is 20.9. The molecule has 0 unspecified atom stereocenters. The molecule has 1 saturated heterocycles. The van der Waals surface area contributed by atoms with Crippen molar-refractivity contribution in [2.45, 2.75) is 67.6 Å². The first-order chi connectivity index (χ1) is 17.9. The normalized spacial score (nSPS) is 23.4. The van der Waals surface area contributed by atoms with Gasteiger partial charge >= 0.3 is 0 Å². The molecule has 0 atom stereocenters. The van der Waals surface area contributed by atoms with E-state index in [9.17, 15) is 32.1 Å². The van der Waals surface area contributed by atoms with Gasteiger partial charge in [-0.3, -0.25) is 14.9 Å². The van der Waals surface area contributed by atoms with Crippen LogP contribution in [-0.4, -0.2) is 49.1 Å². The lowest BCUT2D eigenvalue weighted by atomic mass is 9.66. The molecule has 6 rings (SSSR count). The Balaban J connectivity index is 1.31. The van der Waals surface area contributed by atoms with Gasteiger partial charge in [0.1, 0.15) is 0 Å². The summed E-state index contributed by atoms with van der Waals surface area (Å²) in [5.41, 5.74) is 1.62. The first kappa shape index (κ1) is 25.4. The number of nitrogens with zero attached hydrogens (tertiary/aromatic N) is 3. The fraction of sp³-hybridized carbons (Fsp3) is 0.519. The molecular weight excluding hydrogens is 516 g/mol. The molecule has 11 heteroatoms.